The maximum atomic E-state index is 13.5. The molecule has 7 rings (SSSR count). The molecule has 216 valence electrons. The Hall–Kier alpha value is -6.06. The molecule has 2 aromatic carbocycles. The molecule has 2 aliphatic rings. The molecular formula is C27H21N9O7. The quantitative estimate of drug-likeness (QED) is 0.189. The van der Waals surface area contributed by atoms with E-state index in [1.165, 1.54) is 6.07 Å². The zero-order valence-electron chi connectivity index (χ0n) is 22.1. The summed E-state index contributed by atoms with van der Waals surface area (Å²) in [5.74, 6) is -1.80. The van der Waals surface area contributed by atoms with Gasteiger partial charge in [0.05, 0.1) is 11.7 Å². The number of carbonyl (C=O) groups excluding carboxylic acids is 3. The summed E-state index contributed by atoms with van der Waals surface area (Å²) in [5.41, 5.74) is 3.36. The lowest BCUT2D eigenvalue weighted by atomic mass is 10.0. The number of aryl methyl sites for hydroxylation is 1. The minimum Gasteiger partial charge on any atom is -0.489 e. The van der Waals surface area contributed by atoms with Crippen molar-refractivity contribution in [1.29, 1.82) is 0 Å². The van der Waals surface area contributed by atoms with Gasteiger partial charge in [0.25, 0.3) is 23.6 Å². The second-order valence-electron chi connectivity index (χ2n) is 9.95. The Morgan fingerprint density at radius 1 is 1.12 bits per heavy atom. The Morgan fingerprint density at radius 2 is 2.00 bits per heavy atom. The molecule has 0 fully saturated rings. The Morgan fingerprint density at radius 3 is 2.84 bits per heavy atom. The smallest absolute Gasteiger partial charge is 0.439 e. The predicted molar refractivity (Wildman–Crippen MR) is 145 cm³/mol. The molecule has 0 bridgehead atoms. The third-order valence-electron chi connectivity index (χ3n) is 7.19. The third-order valence-corrected chi connectivity index (χ3v) is 7.19. The van der Waals surface area contributed by atoms with Crippen molar-refractivity contribution in [2.45, 2.75) is 25.4 Å². The highest BCUT2D eigenvalue weighted by molar-refractivity contribution is 5.99. The van der Waals surface area contributed by atoms with Gasteiger partial charge in [-0.3, -0.25) is 23.9 Å². The number of carbonyl (C=O) groups is 3. The second-order valence-corrected chi connectivity index (χ2v) is 9.95. The van der Waals surface area contributed by atoms with Gasteiger partial charge >= 0.3 is 5.76 Å². The van der Waals surface area contributed by atoms with Gasteiger partial charge < -0.3 is 25.8 Å². The molecule has 43 heavy (non-hydrogen) atoms. The lowest BCUT2D eigenvalue weighted by Gasteiger charge is -2.18. The summed E-state index contributed by atoms with van der Waals surface area (Å²) >= 11 is 0. The van der Waals surface area contributed by atoms with Crippen molar-refractivity contribution in [3.05, 3.63) is 81.1 Å². The molecule has 1 atom stereocenters. The summed E-state index contributed by atoms with van der Waals surface area (Å²) < 4.78 is 11.0. The van der Waals surface area contributed by atoms with Crippen molar-refractivity contribution in [1.82, 2.24) is 40.6 Å². The van der Waals surface area contributed by atoms with Crippen LogP contribution in [0.15, 0.2) is 51.8 Å². The number of hydrogen-bond acceptors (Lipinski definition) is 11. The van der Waals surface area contributed by atoms with Gasteiger partial charge in [0, 0.05) is 18.2 Å². The van der Waals surface area contributed by atoms with E-state index in [9.17, 15) is 24.3 Å². The van der Waals surface area contributed by atoms with Crippen LogP contribution >= 0.6 is 0 Å². The van der Waals surface area contributed by atoms with Gasteiger partial charge in [-0.1, -0.05) is 33.7 Å². The summed E-state index contributed by atoms with van der Waals surface area (Å²) in [4.78, 5) is 56.2. The number of amides is 3. The summed E-state index contributed by atoms with van der Waals surface area (Å²) in [5, 5.41) is 29.7. The van der Waals surface area contributed by atoms with Gasteiger partial charge in [-0.25, -0.2) is 9.78 Å². The zero-order valence-corrected chi connectivity index (χ0v) is 22.1. The lowest BCUT2D eigenvalue weighted by Crippen LogP contribution is -2.30. The first-order chi connectivity index (χ1) is 20.8. The van der Waals surface area contributed by atoms with Crippen LogP contribution in [0.3, 0.4) is 0 Å². The van der Waals surface area contributed by atoms with E-state index >= 15 is 0 Å². The van der Waals surface area contributed by atoms with Crippen LogP contribution in [0.5, 0.6) is 11.6 Å². The largest absolute Gasteiger partial charge is 0.489 e. The molecule has 1 aliphatic carbocycles. The fraction of sp³-hybridized carbons (Fsp3) is 0.185. The van der Waals surface area contributed by atoms with Crippen LogP contribution in [0.1, 0.15) is 50.1 Å². The number of benzene rings is 2. The van der Waals surface area contributed by atoms with E-state index in [-0.39, 0.29) is 42.1 Å². The van der Waals surface area contributed by atoms with E-state index in [2.05, 4.69) is 45.9 Å². The number of fused-ring (bicyclic) bond motifs is 3. The molecule has 16 heteroatoms. The van der Waals surface area contributed by atoms with Crippen LogP contribution in [-0.4, -0.2) is 59.4 Å². The average molecular weight is 584 g/mol. The Balaban J connectivity index is 1.10. The number of ether oxygens (including phenoxy) is 1. The number of nitrogens with one attached hydrogen (secondary N) is 4. The molecule has 0 spiro atoms. The maximum Gasteiger partial charge on any atom is 0.439 e. The first-order valence-corrected chi connectivity index (χ1v) is 13.1. The molecule has 16 nitrogen and oxygen atoms in total. The van der Waals surface area contributed by atoms with Crippen molar-refractivity contribution in [3.63, 3.8) is 0 Å². The van der Waals surface area contributed by atoms with Gasteiger partial charge in [-0.15, -0.1) is 0 Å². The molecular weight excluding hydrogens is 562 g/mol. The number of nitrogens with zero attached hydrogens (tertiary/aromatic N) is 5. The number of aromatic nitrogens is 6. The molecule has 0 radical (unpaired) electrons. The Bertz CT molecular complexity index is 2010. The highest BCUT2D eigenvalue weighted by Crippen LogP contribution is 2.34. The van der Waals surface area contributed by atoms with Gasteiger partial charge in [-0.2, -0.15) is 4.52 Å². The number of rotatable bonds is 6. The molecule has 5 N–H and O–H groups in total. The third kappa shape index (κ3) is 4.79. The molecule has 0 saturated heterocycles. The summed E-state index contributed by atoms with van der Waals surface area (Å²) in [6.45, 7) is 0.0213. The average Bonchev–Trinajstić information content (AvgIpc) is 3.73. The van der Waals surface area contributed by atoms with Crippen LogP contribution in [0.4, 0.5) is 5.69 Å². The Kier molecular flexibility index (Phi) is 6.07. The van der Waals surface area contributed by atoms with E-state index in [1.807, 2.05) is 12.1 Å². The Labute approximate surface area is 240 Å². The van der Waals surface area contributed by atoms with Crippen LogP contribution < -0.4 is 26.4 Å². The maximum absolute atomic E-state index is 13.5. The molecule has 3 aromatic heterocycles. The minimum atomic E-state index is -0.653. The van der Waals surface area contributed by atoms with Crippen LogP contribution in [0.25, 0.3) is 17.0 Å². The molecule has 3 amide bonds. The molecule has 0 unspecified atom stereocenters. The SMILES string of the molecule is O=C1COc2ccc(CNC(=O)c3cc(C(=O)N[C@H]4CCc5cc(-c6noc(=O)[nH]6)ccc54)n4nnc(O)c4n3)cc2N1. The first kappa shape index (κ1) is 25.9. The molecule has 4 heterocycles. The summed E-state index contributed by atoms with van der Waals surface area (Å²) in [6.07, 6.45) is 1.27. The number of hydrogen-bond donors (Lipinski definition) is 5. The molecule has 1 aliphatic heterocycles. The van der Waals surface area contributed by atoms with E-state index in [4.69, 9.17) is 4.74 Å². The summed E-state index contributed by atoms with van der Waals surface area (Å²) in [7, 11) is 0. The predicted octanol–water partition coefficient (Wildman–Crippen LogP) is 0.851. The number of H-pyrrole nitrogens is 1. The van der Waals surface area contributed by atoms with Crippen molar-refractivity contribution in [3.8, 4) is 23.0 Å². The first-order valence-electron chi connectivity index (χ1n) is 13.1. The van der Waals surface area contributed by atoms with Crippen molar-refractivity contribution in [2.75, 3.05) is 11.9 Å². The minimum absolute atomic E-state index is 0.0539. The highest BCUT2D eigenvalue weighted by atomic mass is 16.5. The van der Waals surface area contributed by atoms with Gasteiger partial charge in [0.1, 0.15) is 17.1 Å². The van der Waals surface area contributed by atoms with Crippen LogP contribution in [0.2, 0.25) is 0 Å². The van der Waals surface area contributed by atoms with Crippen molar-refractivity contribution >= 4 is 29.1 Å². The number of aromatic hydroxyl groups is 1. The number of aromatic amines is 1. The standard InChI is InChI=1S/C27H21N9O7/c37-21-11-42-20-6-1-12(7-17(20)29-21)10-28-24(38)18-9-19(36-23(30-18)26(40)33-35-36)25(39)31-16-5-3-13-8-14(2-4-15(13)16)22-32-27(41)43-34-22/h1-2,4,6-9,16,40H,3,5,10-11H2,(H,28,38)(H,29,37)(H,31,39)(H,32,34,41)/t16-/m0/s1. The summed E-state index contributed by atoms with van der Waals surface area (Å²) in [6, 6.07) is 11.5. The van der Waals surface area contributed by atoms with Gasteiger partial charge in [0.15, 0.2) is 12.4 Å². The van der Waals surface area contributed by atoms with Gasteiger partial charge in [-0.05, 0) is 47.7 Å². The van der Waals surface area contributed by atoms with Crippen molar-refractivity contribution in [2.24, 2.45) is 0 Å². The van der Waals surface area contributed by atoms with Crippen molar-refractivity contribution < 1.29 is 28.8 Å². The lowest BCUT2D eigenvalue weighted by molar-refractivity contribution is -0.118. The second kappa shape index (κ2) is 10.1. The van der Waals surface area contributed by atoms with E-state index in [0.29, 0.717) is 41.2 Å². The highest BCUT2D eigenvalue weighted by Gasteiger charge is 2.28. The number of anilines is 1. The van der Waals surface area contributed by atoms with E-state index < -0.39 is 23.5 Å². The zero-order chi connectivity index (χ0) is 29.7. The van der Waals surface area contributed by atoms with E-state index in [0.717, 1.165) is 15.6 Å². The fourth-order valence-electron chi connectivity index (χ4n) is 5.16. The molecule has 0 saturated carbocycles. The topological polar surface area (TPSA) is 219 Å². The van der Waals surface area contributed by atoms with Gasteiger partial charge in [0.2, 0.25) is 5.65 Å². The molecule has 5 aromatic rings. The monoisotopic (exact) mass is 583 g/mol. The van der Waals surface area contributed by atoms with Crippen LogP contribution in [-0.2, 0) is 17.8 Å². The van der Waals surface area contributed by atoms with Crippen LogP contribution in [0, 0.1) is 0 Å². The van der Waals surface area contributed by atoms with E-state index in [1.54, 1.807) is 24.3 Å². The fourth-order valence-corrected chi connectivity index (χ4v) is 5.16. The normalized spacial score (nSPS) is 15.3.